The van der Waals surface area contributed by atoms with Crippen molar-refractivity contribution in [2.45, 2.75) is 37.6 Å². The molecule has 1 atom stereocenters. The molecule has 29 heavy (non-hydrogen) atoms. The number of aromatic nitrogens is 1. The minimum absolute atomic E-state index is 0.0174. The monoisotopic (exact) mass is 421 g/mol. The van der Waals surface area contributed by atoms with E-state index in [1.165, 1.54) is 18.3 Å². The van der Waals surface area contributed by atoms with Crippen LogP contribution in [0.25, 0.3) is 11.1 Å². The summed E-state index contributed by atoms with van der Waals surface area (Å²) in [5.41, 5.74) is 11.9. The quantitative estimate of drug-likeness (QED) is 0.669. The molecular weight excluding hydrogens is 394 g/mol. The lowest BCUT2D eigenvalue weighted by Crippen LogP contribution is -2.43. The Bertz CT molecular complexity index is 987. The molecule has 2 rings (SSSR count). The van der Waals surface area contributed by atoms with E-state index < -0.39 is 21.5 Å². The molecule has 0 unspecified atom stereocenters. The van der Waals surface area contributed by atoms with Gasteiger partial charge in [0.05, 0.1) is 0 Å². The first-order valence-electron chi connectivity index (χ1n) is 9.07. The zero-order valence-electron chi connectivity index (χ0n) is 17.0. The second-order valence-electron chi connectivity index (χ2n) is 7.78. The fourth-order valence-corrected chi connectivity index (χ4v) is 3.91. The number of benzene rings is 1. The zero-order valence-corrected chi connectivity index (χ0v) is 17.8. The van der Waals surface area contributed by atoms with Crippen LogP contribution < -0.4 is 20.9 Å². The molecule has 8 nitrogen and oxygen atoms in total. The summed E-state index contributed by atoms with van der Waals surface area (Å²) in [6.45, 7) is 6.18. The van der Waals surface area contributed by atoms with Gasteiger partial charge in [0.1, 0.15) is 17.3 Å². The molecule has 0 saturated heterocycles. The molecule has 0 spiro atoms. The van der Waals surface area contributed by atoms with Gasteiger partial charge in [0.25, 0.3) is 0 Å². The number of nitrogens with zero attached hydrogens (tertiary/aromatic N) is 1. The van der Waals surface area contributed by atoms with Crippen LogP contribution in [-0.4, -0.2) is 37.9 Å². The first kappa shape index (κ1) is 22.6. The number of nitrogens with two attached hydrogens (primary N) is 2. The smallest absolute Gasteiger partial charge is 0.411 e. The summed E-state index contributed by atoms with van der Waals surface area (Å²) >= 11 is 0. The van der Waals surface area contributed by atoms with E-state index in [2.05, 4.69) is 18.8 Å². The Labute approximate surface area is 171 Å². The zero-order chi connectivity index (χ0) is 21.8. The van der Waals surface area contributed by atoms with E-state index in [4.69, 9.17) is 20.9 Å². The molecule has 9 heteroatoms. The van der Waals surface area contributed by atoms with Crippen LogP contribution in [0.5, 0.6) is 11.6 Å². The van der Waals surface area contributed by atoms with Crippen molar-refractivity contribution in [1.82, 2.24) is 4.98 Å². The fourth-order valence-electron chi connectivity index (χ4n) is 3.08. The molecular formula is C20H27N3O5S. The van der Waals surface area contributed by atoms with Gasteiger partial charge in [0.2, 0.25) is 5.88 Å². The van der Waals surface area contributed by atoms with Crippen molar-refractivity contribution < 1.29 is 22.7 Å². The number of hydrogen-bond donors (Lipinski definition) is 2. The topological polar surface area (TPSA) is 135 Å². The number of carbonyl (C=O) groups excluding carboxylic acids is 1. The largest absolute Gasteiger partial charge is 0.490 e. The number of carbonyl (C=O) groups is 1. The van der Waals surface area contributed by atoms with Crippen molar-refractivity contribution in [3.63, 3.8) is 0 Å². The summed E-state index contributed by atoms with van der Waals surface area (Å²) < 4.78 is 35.3. The minimum Gasteiger partial charge on any atom is -0.490 e. The van der Waals surface area contributed by atoms with E-state index in [1.807, 2.05) is 6.92 Å². The van der Waals surface area contributed by atoms with Crippen molar-refractivity contribution in [2.24, 2.45) is 17.4 Å². The highest BCUT2D eigenvalue weighted by Crippen LogP contribution is 2.31. The van der Waals surface area contributed by atoms with Gasteiger partial charge in [-0.2, -0.15) is 0 Å². The average molecular weight is 422 g/mol. The number of sulfone groups is 1. The lowest BCUT2D eigenvalue weighted by atomic mass is 9.93. The van der Waals surface area contributed by atoms with Crippen LogP contribution >= 0.6 is 0 Å². The molecule has 0 aliphatic rings. The van der Waals surface area contributed by atoms with E-state index in [-0.39, 0.29) is 23.1 Å². The second-order valence-corrected chi connectivity index (χ2v) is 9.76. The number of pyridine rings is 1. The van der Waals surface area contributed by atoms with E-state index in [0.717, 1.165) is 12.7 Å². The lowest BCUT2D eigenvalue weighted by molar-refractivity contribution is 0.203. The van der Waals surface area contributed by atoms with Crippen molar-refractivity contribution in [2.75, 3.05) is 12.9 Å². The van der Waals surface area contributed by atoms with Crippen LogP contribution in [0.3, 0.4) is 0 Å². The van der Waals surface area contributed by atoms with Crippen molar-refractivity contribution in [1.29, 1.82) is 0 Å². The van der Waals surface area contributed by atoms with Crippen molar-refractivity contribution in [3.8, 4) is 22.8 Å². The van der Waals surface area contributed by atoms with Crippen molar-refractivity contribution >= 4 is 15.9 Å². The van der Waals surface area contributed by atoms with Gasteiger partial charge < -0.3 is 20.9 Å². The van der Waals surface area contributed by atoms with Crippen LogP contribution in [-0.2, 0) is 9.84 Å². The van der Waals surface area contributed by atoms with Crippen LogP contribution in [0.4, 0.5) is 4.79 Å². The highest BCUT2D eigenvalue weighted by atomic mass is 32.2. The molecule has 1 heterocycles. The molecule has 0 radical (unpaired) electrons. The Morgan fingerprint density at radius 1 is 1.21 bits per heavy atom. The molecule has 0 fully saturated rings. The molecule has 1 aromatic heterocycles. The number of rotatable bonds is 8. The molecule has 1 amide bonds. The van der Waals surface area contributed by atoms with Crippen LogP contribution in [0.2, 0.25) is 0 Å². The Hall–Kier alpha value is -2.65. The van der Waals surface area contributed by atoms with E-state index >= 15 is 0 Å². The number of amides is 1. The van der Waals surface area contributed by atoms with Gasteiger partial charge in [-0.1, -0.05) is 19.9 Å². The molecule has 0 aliphatic carbocycles. The summed E-state index contributed by atoms with van der Waals surface area (Å²) in [6, 6.07) is 7.96. The molecule has 0 bridgehead atoms. The Kier molecular flexibility index (Phi) is 6.86. The molecule has 0 saturated carbocycles. The summed E-state index contributed by atoms with van der Waals surface area (Å²) in [6.07, 6.45) is 2.30. The van der Waals surface area contributed by atoms with Crippen LogP contribution in [0.1, 0.15) is 27.2 Å². The minimum atomic E-state index is -3.57. The van der Waals surface area contributed by atoms with Gasteiger partial charge in [0.15, 0.2) is 9.84 Å². The van der Waals surface area contributed by atoms with Gasteiger partial charge in [-0.15, -0.1) is 0 Å². The van der Waals surface area contributed by atoms with Gasteiger partial charge in [-0.05, 0) is 48.6 Å². The molecule has 158 valence electrons. The third-order valence-corrected chi connectivity index (χ3v) is 5.17. The number of hydrogen-bond acceptors (Lipinski definition) is 7. The Morgan fingerprint density at radius 3 is 2.45 bits per heavy atom. The fraction of sp³-hybridized carbons (Fsp3) is 0.400. The molecule has 0 aliphatic heterocycles. The van der Waals surface area contributed by atoms with Gasteiger partial charge in [-0.3, -0.25) is 0 Å². The summed E-state index contributed by atoms with van der Waals surface area (Å²) in [4.78, 5) is 14.9. The molecule has 4 N–H and O–H groups in total. The van der Waals surface area contributed by atoms with Gasteiger partial charge >= 0.3 is 6.09 Å². The van der Waals surface area contributed by atoms with Crippen LogP contribution in [0.15, 0.2) is 41.4 Å². The Balaban J connectivity index is 2.37. The second kappa shape index (κ2) is 8.79. The van der Waals surface area contributed by atoms with Gasteiger partial charge in [0, 0.05) is 24.1 Å². The van der Waals surface area contributed by atoms with Crippen molar-refractivity contribution in [3.05, 3.63) is 36.5 Å². The normalized spacial score (nSPS) is 13.7. The third kappa shape index (κ3) is 6.72. The Morgan fingerprint density at radius 2 is 1.86 bits per heavy atom. The molecule has 2 aromatic rings. The number of primary amides is 1. The first-order chi connectivity index (χ1) is 13.4. The van der Waals surface area contributed by atoms with Crippen LogP contribution in [0, 0.1) is 5.92 Å². The molecule has 1 aromatic carbocycles. The standard InChI is InChI=1S/C20H27N3O5S/c1-13(2)11-20(3,22)12-27-16-6-5-14(9-17(16)29(4,25)26)15-7-8-23-18(10-15)28-19(21)24/h5-10,13H,11-12,22H2,1-4H3,(H2,21,24)/t20-/m0/s1. The maximum absolute atomic E-state index is 12.3. The third-order valence-electron chi connectivity index (χ3n) is 4.05. The predicted molar refractivity (Wildman–Crippen MR) is 111 cm³/mol. The van der Waals surface area contributed by atoms with E-state index in [1.54, 1.807) is 18.2 Å². The van der Waals surface area contributed by atoms with E-state index in [0.29, 0.717) is 17.0 Å². The maximum Gasteiger partial charge on any atom is 0.411 e. The summed E-state index contributed by atoms with van der Waals surface area (Å²) in [5.74, 6) is 0.636. The highest BCUT2D eigenvalue weighted by molar-refractivity contribution is 7.90. The SMILES string of the molecule is CC(C)C[C@](C)(N)COc1ccc(-c2ccnc(OC(N)=O)c2)cc1S(C)(=O)=O. The first-order valence-corrected chi connectivity index (χ1v) is 11.0. The predicted octanol–water partition coefficient (Wildman–Crippen LogP) is 2.75. The summed E-state index contributed by atoms with van der Waals surface area (Å²) in [5, 5.41) is 0. The van der Waals surface area contributed by atoms with E-state index in [9.17, 15) is 13.2 Å². The number of ether oxygens (including phenoxy) is 2. The lowest BCUT2D eigenvalue weighted by Gasteiger charge is -2.27. The summed E-state index contributed by atoms with van der Waals surface area (Å²) in [7, 11) is -3.57. The average Bonchev–Trinajstić information content (AvgIpc) is 2.57. The maximum atomic E-state index is 12.3. The van der Waals surface area contributed by atoms with Gasteiger partial charge in [-0.25, -0.2) is 18.2 Å². The highest BCUT2D eigenvalue weighted by Gasteiger charge is 2.23.